The lowest BCUT2D eigenvalue weighted by Crippen LogP contribution is -2.66. The lowest BCUT2D eigenvalue weighted by molar-refractivity contribution is -0.108. The largest absolute Gasteiger partial charge is 0.459 e. The lowest BCUT2D eigenvalue weighted by atomic mass is 9.57. The Kier molecular flexibility index (Phi) is 4.43. The van der Waals surface area contributed by atoms with Crippen molar-refractivity contribution >= 4 is 11.9 Å². The summed E-state index contributed by atoms with van der Waals surface area (Å²) in [6.45, 7) is 12.2. The van der Waals surface area contributed by atoms with Crippen molar-refractivity contribution < 1.29 is 19.1 Å². The second-order valence-electron chi connectivity index (χ2n) is 8.10. The number of aryl methyl sites for hydroxylation is 1. The molecule has 25 heavy (non-hydrogen) atoms. The molecule has 1 aromatic heterocycles. The van der Waals surface area contributed by atoms with E-state index in [1.165, 1.54) is 0 Å². The van der Waals surface area contributed by atoms with Gasteiger partial charge in [0.25, 0.3) is 5.91 Å². The first-order valence-corrected chi connectivity index (χ1v) is 8.97. The van der Waals surface area contributed by atoms with Gasteiger partial charge in [0, 0.05) is 29.7 Å². The highest BCUT2D eigenvalue weighted by Crippen LogP contribution is 2.52. The van der Waals surface area contributed by atoms with Crippen LogP contribution < -0.4 is 5.32 Å². The Morgan fingerprint density at radius 2 is 2.00 bits per heavy atom. The molecule has 1 saturated carbocycles. The number of carbonyl (C=O) groups is 2. The van der Waals surface area contributed by atoms with Gasteiger partial charge in [-0.25, -0.2) is 4.79 Å². The topological polar surface area (TPSA) is 80.4 Å². The second-order valence-corrected chi connectivity index (χ2v) is 8.10. The average molecular weight is 348 g/mol. The zero-order valence-corrected chi connectivity index (χ0v) is 15.9. The van der Waals surface area contributed by atoms with E-state index < -0.39 is 5.97 Å². The summed E-state index contributed by atoms with van der Waals surface area (Å²) in [4.78, 5) is 28.2. The number of esters is 1. The molecule has 0 aromatic carbocycles. The van der Waals surface area contributed by atoms with E-state index in [1.807, 2.05) is 13.8 Å². The minimum absolute atomic E-state index is 0.0776. The van der Waals surface area contributed by atoms with Crippen molar-refractivity contribution in [2.45, 2.75) is 66.2 Å². The van der Waals surface area contributed by atoms with Crippen LogP contribution in [0.5, 0.6) is 0 Å². The fraction of sp³-hybridized carbons (Fsp3) is 0.684. The number of rotatable bonds is 4. The van der Waals surface area contributed by atoms with Crippen LogP contribution in [0.2, 0.25) is 0 Å². The van der Waals surface area contributed by atoms with Gasteiger partial charge < -0.3 is 19.8 Å². The molecule has 1 saturated heterocycles. The third kappa shape index (κ3) is 2.86. The van der Waals surface area contributed by atoms with Crippen molar-refractivity contribution in [1.82, 2.24) is 10.3 Å². The maximum Gasteiger partial charge on any atom is 0.340 e. The summed E-state index contributed by atoms with van der Waals surface area (Å²) in [5.41, 5.74) is 2.10. The molecule has 2 aliphatic rings. The van der Waals surface area contributed by atoms with E-state index in [0.717, 1.165) is 13.0 Å². The average Bonchev–Trinajstić information content (AvgIpc) is 3.07. The van der Waals surface area contributed by atoms with Crippen LogP contribution in [0.15, 0.2) is 0 Å². The maximum absolute atomic E-state index is 12.8. The van der Waals surface area contributed by atoms with E-state index in [2.05, 4.69) is 24.1 Å². The van der Waals surface area contributed by atoms with Crippen LogP contribution in [0.3, 0.4) is 0 Å². The number of ether oxygens (including phenoxy) is 2. The quantitative estimate of drug-likeness (QED) is 0.820. The molecule has 6 nitrogen and oxygen atoms in total. The Balaban J connectivity index is 1.78. The van der Waals surface area contributed by atoms with E-state index in [9.17, 15) is 9.59 Å². The molecular formula is C19H28N2O4. The van der Waals surface area contributed by atoms with Crippen molar-refractivity contribution in [2.75, 3.05) is 6.61 Å². The maximum atomic E-state index is 12.8. The van der Waals surface area contributed by atoms with Crippen LogP contribution in [0, 0.1) is 25.2 Å². The van der Waals surface area contributed by atoms with Gasteiger partial charge in [0.2, 0.25) is 0 Å². The molecule has 0 radical (unpaired) electrons. The number of amides is 1. The van der Waals surface area contributed by atoms with E-state index in [0.29, 0.717) is 28.4 Å². The summed E-state index contributed by atoms with van der Waals surface area (Å²) >= 11 is 0. The SMILES string of the molecule is Cc1[nH]c(C(=O)N[C@@H]2[C@@H]3CCO[C@@H]3C2(C)C)c(C)c1C(=O)OC(C)C. The smallest absolute Gasteiger partial charge is 0.340 e. The molecule has 1 amide bonds. The first kappa shape index (κ1) is 18.0. The number of aromatic nitrogens is 1. The Labute approximate surface area is 148 Å². The van der Waals surface area contributed by atoms with Crippen LogP contribution in [-0.4, -0.2) is 41.7 Å². The molecule has 1 aliphatic heterocycles. The Morgan fingerprint density at radius 3 is 2.64 bits per heavy atom. The van der Waals surface area contributed by atoms with Crippen LogP contribution in [0.25, 0.3) is 0 Å². The van der Waals surface area contributed by atoms with Gasteiger partial charge in [0.1, 0.15) is 5.69 Å². The monoisotopic (exact) mass is 348 g/mol. The third-order valence-corrected chi connectivity index (χ3v) is 5.60. The summed E-state index contributed by atoms with van der Waals surface area (Å²) in [6, 6.07) is 0.0848. The van der Waals surface area contributed by atoms with Gasteiger partial charge in [-0.1, -0.05) is 13.8 Å². The second kappa shape index (κ2) is 6.16. The van der Waals surface area contributed by atoms with Crippen molar-refractivity contribution in [2.24, 2.45) is 11.3 Å². The number of aromatic amines is 1. The molecule has 2 N–H and O–H groups in total. The Morgan fingerprint density at radius 1 is 1.32 bits per heavy atom. The van der Waals surface area contributed by atoms with Crippen LogP contribution >= 0.6 is 0 Å². The molecule has 3 atom stereocenters. The Bertz CT molecular complexity index is 705. The predicted molar refractivity (Wildman–Crippen MR) is 93.7 cm³/mol. The fourth-order valence-electron chi connectivity index (χ4n) is 4.39. The molecular weight excluding hydrogens is 320 g/mol. The van der Waals surface area contributed by atoms with Gasteiger partial charge in [0.15, 0.2) is 0 Å². The van der Waals surface area contributed by atoms with E-state index in [1.54, 1.807) is 13.8 Å². The normalized spacial score (nSPS) is 26.9. The fourth-order valence-corrected chi connectivity index (χ4v) is 4.39. The van der Waals surface area contributed by atoms with E-state index in [-0.39, 0.29) is 29.6 Å². The third-order valence-electron chi connectivity index (χ3n) is 5.60. The van der Waals surface area contributed by atoms with Crippen LogP contribution in [0.1, 0.15) is 66.2 Å². The number of nitrogens with one attached hydrogen (secondary N) is 2. The summed E-state index contributed by atoms with van der Waals surface area (Å²) in [5, 5.41) is 3.15. The molecule has 0 unspecified atom stereocenters. The molecule has 6 heteroatoms. The molecule has 1 aliphatic carbocycles. The number of hydrogen-bond donors (Lipinski definition) is 2. The van der Waals surface area contributed by atoms with Gasteiger partial charge >= 0.3 is 5.97 Å². The number of carbonyl (C=O) groups excluding carboxylic acids is 2. The van der Waals surface area contributed by atoms with Crippen molar-refractivity contribution in [3.8, 4) is 0 Å². The molecule has 0 spiro atoms. The zero-order valence-electron chi connectivity index (χ0n) is 15.9. The zero-order chi connectivity index (χ0) is 18.5. The van der Waals surface area contributed by atoms with Crippen molar-refractivity contribution in [3.63, 3.8) is 0 Å². The first-order valence-electron chi connectivity index (χ1n) is 8.97. The van der Waals surface area contributed by atoms with E-state index >= 15 is 0 Å². The number of H-pyrrole nitrogens is 1. The number of hydrogen-bond acceptors (Lipinski definition) is 4. The number of fused-ring (bicyclic) bond motifs is 1. The minimum atomic E-state index is -0.395. The van der Waals surface area contributed by atoms with Gasteiger partial charge in [0.05, 0.1) is 17.8 Å². The first-order chi connectivity index (χ1) is 11.6. The van der Waals surface area contributed by atoms with Gasteiger partial charge in [-0.15, -0.1) is 0 Å². The van der Waals surface area contributed by atoms with Crippen molar-refractivity contribution in [3.05, 3.63) is 22.5 Å². The molecule has 2 heterocycles. The predicted octanol–water partition coefficient (Wildman–Crippen LogP) is 2.74. The summed E-state index contributed by atoms with van der Waals surface area (Å²) in [6.07, 6.45) is 1.00. The molecule has 2 fully saturated rings. The van der Waals surface area contributed by atoms with Gasteiger partial charge in [-0.2, -0.15) is 0 Å². The standard InChI is InChI=1S/C19H28N2O4/c1-9(2)25-18(23)13-10(3)14(20-11(13)4)17(22)21-15-12-7-8-24-16(12)19(15,5)6/h9,12,15-16,20H,7-8H2,1-6H3,(H,21,22)/t12-,15+,16-/m0/s1. The highest BCUT2D eigenvalue weighted by molar-refractivity contribution is 6.00. The lowest BCUT2D eigenvalue weighted by Gasteiger charge is -2.54. The summed E-state index contributed by atoms with van der Waals surface area (Å²) in [5.74, 6) is -0.193. The minimum Gasteiger partial charge on any atom is -0.459 e. The highest BCUT2D eigenvalue weighted by atomic mass is 16.5. The van der Waals surface area contributed by atoms with Gasteiger partial charge in [-0.05, 0) is 39.7 Å². The van der Waals surface area contributed by atoms with Crippen LogP contribution in [0.4, 0.5) is 0 Å². The van der Waals surface area contributed by atoms with Gasteiger partial charge in [-0.3, -0.25) is 4.79 Å². The Hall–Kier alpha value is -1.82. The molecule has 138 valence electrons. The van der Waals surface area contributed by atoms with E-state index in [4.69, 9.17) is 9.47 Å². The van der Waals surface area contributed by atoms with Crippen molar-refractivity contribution in [1.29, 1.82) is 0 Å². The summed E-state index contributed by atoms with van der Waals surface area (Å²) in [7, 11) is 0. The molecule has 0 bridgehead atoms. The summed E-state index contributed by atoms with van der Waals surface area (Å²) < 4.78 is 11.1. The molecule has 1 aromatic rings. The van der Waals surface area contributed by atoms with Crippen LogP contribution in [-0.2, 0) is 9.47 Å². The molecule has 3 rings (SSSR count). The highest BCUT2D eigenvalue weighted by Gasteiger charge is 2.59.